The van der Waals surface area contributed by atoms with Crippen molar-refractivity contribution in [3.8, 4) is 5.75 Å². The number of rotatable bonds is 6. The fourth-order valence-corrected chi connectivity index (χ4v) is 3.70. The van der Waals surface area contributed by atoms with Crippen molar-refractivity contribution in [2.24, 2.45) is 0 Å². The van der Waals surface area contributed by atoms with Crippen molar-refractivity contribution in [3.63, 3.8) is 0 Å². The van der Waals surface area contributed by atoms with Gasteiger partial charge in [-0.3, -0.25) is 0 Å². The van der Waals surface area contributed by atoms with Crippen molar-refractivity contribution in [1.82, 2.24) is 5.32 Å². The van der Waals surface area contributed by atoms with E-state index in [2.05, 4.69) is 23.7 Å². The van der Waals surface area contributed by atoms with Gasteiger partial charge in [-0.15, -0.1) is 11.3 Å². The van der Waals surface area contributed by atoms with E-state index in [1.807, 2.05) is 36.6 Å². The molecule has 0 bridgehead atoms. The summed E-state index contributed by atoms with van der Waals surface area (Å²) in [6.45, 7) is 2.19. The molecule has 1 atom stereocenters. The van der Waals surface area contributed by atoms with E-state index in [9.17, 15) is 0 Å². The van der Waals surface area contributed by atoms with Crippen LogP contribution in [0.5, 0.6) is 5.75 Å². The second-order valence-electron chi connectivity index (χ2n) is 4.67. The van der Waals surface area contributed by atoms with Crippen LogP contribution in [0.15, 0.2) is 29.6 Å². The van der Waals surface area contributed by atoms with Crippen molar-refractivity contribution < 1.29 is 4.74 Å². The van der Waals surface area contributed by atoms with E-state index in [1.54, 1.807) is 7.11 Å². The van der Waals surface area contributed by atoms with Crippen molar-refractivity contribution >= 4 is 22.9 Å². The number of hydrogen-bond acceptors (Lipinski definition) is 3. The SMILES string of the molecule is CCc1ccsc1C(Cc1cc(Cl)ccc1OC)NC. The molecule has 1 aromatic heterocycles. The Hall–Kier alpha value is -1.03. The molecule has 1 aromatic carbocycles. The van der Waals surface area contributed by atoms with E-state index in [1.165, 1.54) is 10.4 Å². The Morgan fingerprint density at radius 3 is 2.75 bits per heavy atom. The number of benzene rings is 1. The van der Waals surface area contributed by atoms with Gasteiger partial charge in [0.15, 0.2) is 0 Å². The molecule has 2 rings (SSSR count). The lowest BCUT2D eigenvalue weighted by atomic mass is 10.0. The summed E-state index contributed by atoms with van der Waals surface area (Å²) < 4.78 is 5.44. The number of hydrogen-bond donors (Lipinski definition) is 1. The van der Waals surface area contributed by atoms with Gasteiger partial charge in [0.2, 0.25) is 0 Å². The Labute approximate surface area is 129 Å². The molecule has 0 aliphatic heterocycles. The van der Waals surface area contributed by atoms with E-state index < -0.39 is 0 Å². The Bertz CT molecular complexity index is 567. The van der Waals surface area contributed by atoms with Gasteiger partial charge >= 0.3 is 0 Å². The molecule has 0 amide bonds. The van der Waals surface area contributed by atoms with Crippen LogP contribution in [0.4, 0.5) is 0 Å². The lowest BCUT2D eigenvalue weighted by Crippen LogP contribution is -2.19. The van der Waals surface area contributed by atoms with Gasteiger partial charge < -0.3 is 10.1 Å². The van der Waals surface area contributed by atoms with Gasteiger partial charge in [-0.25, -0.2) is 0 Å². The summed E-state index contributed by atoms with van der Waals surface area (Å²) in [4.78, 5) is 1.40. The van der Waals surface area contributed by atoms with Crippen LogP contribution in [0.2, 0.25) is 5.02 Å². The molecule has 0 aliphatic carbocycles. The quantitative estimate of drug-likeness (QED) is 0.849. The first-order valence-corrected chi connectivity index (χ1v) is 8.01. The molecular formula is C16H20ClNOS. The molecule has 0 aliphatic rings. The summed E-state index contributed by atoms with van der Waals surface area (Å²) in [5.74, 6) is 0.893. The molecule has 0 saturated carbocycles. The Morgan fingerprint density at radius 2 is 2.10 bits per heavy atom. The maximum Gasteiger partial charge on any atom is 0.122 e. The van der Waals surface area contributed by atoms with Gasteiger partial charge in [-0.2, -0.15) is 0 Å². The third-order valence-corrected chi connectivity index (χ3v) is 4.80. The van der Waals surface area contributed by atoms with Crippen LogP contribution >= 0.6 is 22.9 Å². The number of thiophene rings is 1. The average Bonchev–Trinajstić information content (AvgIpc) is 2.93. The number of methoxy groups -OCH3 is 1. The van der Waals surface area contributed by atoms with Crippen molar-refractivity contribution in [2.75, 3.05) is 14.2 Å². The monoisotopic (exact) mass is 309 g/mol. The first-order valence-electron chi connectivity index (χ1n) is 6.75. The second-order valence-corrected chi connectivity index (χ2v) is 6.05. The summed E-state index contributed by atoms with van der Waals surface area (Å²) in [6.07, 6.45) is 1.93. The standard InChI is InChI=1S/C16H20ClNOS/c1-4-11-7-8-20-16(11)14(18-2)10-12-9-13(17)5-6-15(12)19-3/h5-9,14,18H,4,10H2,1-3H3. The Kier molecular flexibility index (Phi) is 5.46. The van der Waals surface area contributed by atoms with Crippen molar-refractivity contribution in [1.29, 1.82) is 0 Å². The average molecular weight is 310 g/mol. The van der Waals surface area contributed by atoms with Gasteiger partial charge in [0, 0.05) is 15.9 Å². The molecule has 20 heavy (non-hydrogen) atoms. The summed E-state index contributed by atoms with van der Waals surface area (Å²) in [7, 11) is 3.70. The highest BCUT2D eigenvalue weighted by atomic mass is 35.5. The normalized spacial score (nSPS) is 12.4. The molecule has 0 radical (unpaired) electrons. The van der Waals surface area contributed by atoms with Crippen molar-refractivity contribution in [3.05, 3.63) is 50.7 Å². The van der Waals surface area contributed by atoms with Crippen LogP contribution in [0, 0.1) is 0 Å². The fourth-order valence-electron chi connectivity index (χ4n) is 2.40. The minimum Gasteiger partial charge on any atom is -0.496 e. The third-order valence-electron chi connectivity index (χ3n) is 3.49. The first kappa shape index (κ1) is 15.4. The predicted molar refractivity (Wildman–Crippen MR) is 87.2 cm³/mol. The van der Waals surface area contributed by atoms with Crippen LogP contribution in [-0.2, 0) is 12.8 Å². The van der Waals surface area contributed by atoms with Gasteiger partial charge in [-0.1, -0.05) is 18.5 Å². The van der Waals surface area contributed by atoms with Gasteiger partial charge in [0.1, 0.15) is 5.75 Å². The van der Waals surface area contributed by atoms with Crippen LogP contribution in [0.1, 0.15) is 29.0 Å². The van der Waals surface area contributed by atoms with E-state index in [-0.39, 0.29) is 6.04 Å². The van der Waals surface area contributed by atoms with E-state index in [4.69, 9.17) is 16.3 Å². The zero-order chi connectivity index (χ0) is 14.5. The maximum absolute atomic E-state index is 6.11. The zero-order valence-corrected chi connectivity index (χ0v) is 13.6. The second kappa shape index (κ2) is 7.11. The highest BCUT2D eigenvalue weighted by Crippen LogP contribution is 2.31. The van der Waals surface area contributed by atoms with Gasteiger partial charge in [0.05, 0.1) is 7.11 Å². The number of aryl methyl sites for hydroxylation is 1. The van der Waals surface area contributed by atoms with Gasteiger partial charge in [0.25, 0.3) is 0 Å². The zero-order valence-electron chi connectivity index (χ0n) is 12.1. The number of nitrogens with one attached hydrogen (secondary N) is 1. The van der Waals surface area contributed by atoms with Crippen LogP contribution in [0.3, 0.4) is 0 Å². The first-order chi connectivity index (χ1) is 9.69. The molecular weight excluding hydrogens is 290 g/mol. The van der Waals surface area contributed by atoms with E-state index >= 15 is 0 Å². The molecule has 1 heterocycles. The molecule has 1 unspecified atom stereocenters. The number of halogens is 1. The number of likely N-dealkylation sites (N-methyl/N-ethyl adjacent to an activating group) is 1. The summed E-state index contributed by atoms with van der Waals surface area (Å²) >= 11 is 7.92. The summed E-state index contributed by atoms with van der Waals surface area (Å²) in [5.41, 5.74) is 2.55. The van der Waals surface area contributed by atoms with Crippen LogP contribution in [-0.4, -0.2) is 14.2 Å². The lowest BCUT2D eigenvalue weighted by molar-refractivity contribution is 0.406. The van der Waals surface area contributed by atoms with E-state index in [0.29, 0.717) is 0 Å². The minimum atomic E-state index is 0.289. The summed E-state index contributed by atoms with van der Waals surface area (Å²) in [6, 6.07) is 8.28. The van der Waals surface area contributed by atoms with Crippen molar-refractivity contribution in [2.45, 2.75) is 25.8 Å². The Morgan fingerprint density at radius 1 is 1.30 bits per heavy atom. The highest BCUT2D eigenvalue weighted by Gasteiger charge is 2.17. The van der Waals surface area contributed by atoms with Gasteiger partial charge in [-0.05, 0) is 60.7 Å². The third kappa shape index (κ3) is 3.35. The number of ether oxygens (including phenoxy) is 1. The smallest absolute Gasteiger partial charge is 0.122 e. The van der Waals surface area contributed by atoms with Crippen LogP contribution in [0.25, 0.3) is 0 Å². The molecule has 108 valence electrons. The molecule has 1 N–H and O–H groups in total. The topological polar surface area (TPSA) is 21.3 Å². The molecule has 0 saturated heterocycles. The maximum atomic E-state index is 6.11. The largest absolute Gasteiger partial charge is 0.496 e. The molecule has 2 aromatic rings. The molecule has 2 nitrogen and oxygen atoms in total. The highest BCUT2D eigenvalue weighted by molar-refractivity contribution is 7.10. The molecule has 0 spiro atoms. The minimum absolute atomic E-state index is 0.289. The van der Waals surface area contributed by atoms with Crippen LogP contribution < -0.4 is 10.1 Å². The molecule has 0 fully saturated rings. The summed E-state index contributed by atoms with van der Waals surface area (Å²) in [5, 5.41) is 6.32. The lowest BCUT2D eigenvalue weighted by Gasteiger charge is -2.18. The van der Waals surface area contributed by atoms with E-state index in [0.717, 1.165) is 29.2 Å². The Balaban J connectivity index is 2.29. The fraction of sp³-hybridized carbons (Fsp3) is 0.375. The molecule has 4 heteroatoms. The predicted octanol–water partition coefficient (Wildman–Crippen LogP) is 4.48.